The first-order chi connectivity index (χ1) is 24.6. The van der Waals surface area contributed by atoms with Crippen molar-refractivity contribution in [2.24, 2.45) is 0 Å². The van der Waals surface area contributed by atoms with E-state index in [1.54, 1.807) is 0 Å². The Labute approximate surface area is 293 Å². The number of hydrogen-bond donors (Lipinski definition) is 11. The van der Waals surface area contributed by atoms with Gasteiger partial charge >= 0.3 is 0 Å². The molecule has 0 unspecified atom stereocenters. The highest BCUT2D eigenvalue weighted by Crippen LogP contribution is 2.39. The third-order valence-corrected chi connectivity index (χ3v) is 9.25. The van der Waals surface area contributed by atoms with Crippen LogP contribution in [-0.4, -0.2) is 155 Å². The lowest BCUT2D eigenvalue weighted by Gasteiger charge is -2.45. The first kappa shape index (κ1) is 38.1. The van der Waals surface area contributed by atoms with E-state index in [9.17, 15) is 61.0 Å². The van der Waals surface area contributed by atoms with Crippen LogP contribution in [0.1, 0.15) is 13.8 Å². The molecule has 15 atom stereocenters. The van der Waals surface area contributed by atoms with Crippen molar-refractivity contribution in [3.63, 3.8) is 0 Å². The van der Waals surface area contributed by atoms with Crippen LogP contribution in [0.3, 0.4) is 0 Å². The molecule has 3 aromatic rings. The smallest absolute Gasteiger partial charge is 0.239 e. The fraction of sp³-hybridized carbons (Fsp3) is 0.545. The molecule has 0 aliphatic carbocycles. The molecule has 0 spiro atoms. The molecule has 3 saturated heterocycles. The molecule has 0 amide bonds. The Morgan fingerprint density at radius 2 is 1.27 bits per heavy atom. The molecule has 0 radical (unpaired) electrons. The predicted octanol–water partition coefficient (Wildman–Crippen LogP) is -2.89. The Balaban J connectivity index is 1.37. The first-order valence-corrected chi connectivity index (χ1v) is 16.2. The zero-order valence-electron chi connectivity index (χ0n) is 27.5. The second-order valence-electron chi connectivity index (χ2n) is 12.9. The van der Waals surface area contributed by atoms with Crippen LogP contribution in [0.4, 0.5) is 0 Å². The molecule has 19 nitrogen and oxygen atoms in total. The fourth-order valence-electron chi connectivity index (χ4n) is 6.17. The lowest BCUT2D eigenvalue weighted by molar-refractivity contribution is -0.355. The summed E-state index contributed by atoms with van der Waals surface area (Å²) in [6, 6.07) is 7.45. The van der Waals surface area contributed by atoms with Gasteiger partial charge in [-0.3, -0.25) is 4.79 Å². The number of benzene rings is 2. The maximum Gasteiger partial charge on any atom is 0.239 e. The van der Waals surface area contributed by atoms with E-state index in [1.807, 2.05) is 0 Å². The summed E-state index contributed by atoms with van der Waals surface area (Å²) in [6.07, 6.45) is -23.9. The van der Waals surface area contributed by atoms with E-state index in [-0.39, 0.29) is 28.4 Å². The Bertz CT molecular complexity index is 1760. The van der Waals surface area contributed by atoms with Gasteiger partial charge in [0.15, 0.2) is 18.2 Å². The Kier molecular flexibility index (Phi) is 11.0. The maximum absolute atomic E-state index is 14.0. The van der Waals surface area contributed by atoms with Gasteiger partial charge in [0.25, 0.3) is 0 Å². The Morgan fingerprint density at radius 3 is 1.92 bits per heavy atom. The standard InChI is InChI=1S/C33H40O19/c1-10-19(37)23(41)26(44)31(46-10)51-29-22(40)18-15(36)7-14(8-16(18)49-28(29)12-3-5-13(35)6-4-12)48-33-30(25(43)20(38)11(2)47-33)52-32-27(45)24(42)21(39)17(9-34)50-32/h3-8,10-11,17,19-21,23-27,30-39,41-45H,9H2,1-2H3/t10-,11-,17+,19-,20-,21+,23-,24-,25-,26-,27+,30-,31-,32-,33-/m0/s1. The molecule has 3 fully saturated rings. The summed E-state index contributed by atoms with van der Waals surface area (Å²) in [5, 5.41) is 113. The summed E-state index contributed by atoms with van der Waals surface area (Å²) in [4.78, 5) is 14.0. The first-order valence-electron chi connectivity index (χ1n) is 16.2. The van der Waals surface area contributed by atoms with Gasteiger partial charge in [-0.05, 0) is 38.1 Å². The van der Waals surface area contributed by atoms with Gasteiger partial charge < -0.3 is 89.0 Å². The number of rotatable bonds is 8. The molecule has 0 bridgehead atoms. The minimum atomic E-state index is -1.88. The van der Waals surface area contributed by atoms with Gasteiger partial charge in [0.2, 0.25) is 23.8 Å². The average molecular weight is 741 g/mol. The van der Waals surface area contributed by atoms with Crippen molar-refractivity contribution in [1.29, 1.82) is 0 Å². The lowest BCUT2D eigenvalue weighted by atomic mass is 9.97. The number of fused-ring (bicyclic) bond motifs is 1. The van der Waals surface area contributed by atoms with Gasteiger partial charge in [-0.25, -0.2) is 0 Å². The van der Waals surface area contributed by atoms with Crippen molar-refractivity contribution in [2.45, 2.75) is 106 Å². The molecule has 2 aromatic carbocycles. The highest BCUT2D eigenvalue weighted by molar-refractivity contribution is 5.88. The summed E-state index contributed by atoms with van der Waals surface area (Å²) >= 11 is 0. The molecule has 19 heteroatoms. The SMILES string of the molecule is C[C@@H]1O[C@@H](Oc2c(-c3ccc(O)cc3)oc3cc(O[C@@H]4O[C@@H](C)[C@H](O)[C@H](O)[C@@H]4O[C@@H]4O[C@H](CO)[C@@H](O)[C@H](O)[C@H]4O)cc(O)c3c2=O)[C@@H](O)[C@@H](O)[C@H]1O. The minimum absolute atomic E-state index is 0.130. The third kappa shape index (κ3) is 7.03. The topological polar surface area (TPSA) is 308 Å². The number of hydrogen-bond acceptors (Lipinski definition) is 19. The van der Waals surface area contributed by atoms with Crippen LogP contribution >= 0.6 is 0 Å². The van der Waals surface area contributed by atoms with E-state index in [0.29, 0.717) is 0 Å². The molecular weight excluding hydrogens is 700 g/mol. The highest BCUT2D eigenvalue weighted by atomic mass is 16.8. The number of aromatic hydroxyl groups is 2. The fourth-order valence-corrected chi connectivity index (χ4v) is 6.17. The summed E-state index contributed by atoms with van der Waals surface area (Å²) in [5.74, 6) is -1.93. The van der Waals surface area contributed by atoms with Crippen molar-refractivity contribution in [2.75, 3.05) is 6.61 Å². The predicted molar refractivity (Wildman–Crippen MR) is 170 cm³/mol. The van der Waals surface area contributed by atoms with Gasteiger partial charge in [-0.15, -0.1) is 0 Å². The second kappa shape index (κ2) is 15.0. The zero-order chi connectivity index (χ0) is 37.8. The molecule has 286 valence electrons. The maximum atomic E-state index is 14.0. The van der Waals surface area contributed by atoms with Gasteiger partial charge in [0.05, 0.1) is 18.8 Å². The lowest BCUT2D eigenvalue weighted by Crippen LogP contribution is -2.64. The van der Waals surface area contributed by atoms with Crippen molar-refractivity contribution in [3.05, 3.63) is 46.6 Å². The van der Waals surface area contributed by atoms with Crippen LogP contribution in [-0.2, 0) is 18.9 Å². The zero-order valence-corrected chi connectivity index (χ0v) is 27.5. The molecule has 6 rings (SSSR count). The highest BCUT2D eigenvalue weighted by Gasteiger charge is 2.51. The van der Waals surface area contributed by atoms with E-state index in [0.717, 1.165) is 12.1 Å². The molecular formula is C33H40O19. The summed E-state index contributed by atoms with van der Waals surface area (Å²) < 4.78 is 40.0. The number of aliphatic hydroxyl groups is 9. The van der Waals surface area contributed by atoms with Crippen molar-refractivity contribution < 1.29 is 89.0 Å². The van der Waals surface area contributed by atoms with Crippen LogP contribution in [0.2, 0.25) is 0 Å². The van der Waals surface area contributed by atoms with Crippen molar-refractivity contribution in [1.82, 2.24) is 0 Å². The van der Waals surface area contributed by atoms with E-state index in [4.69, 9.17) is 32.8 Å². The van der Waals surface area contributed by atoms with Gasteiger partial charge in [-0.1, -0.05) is 0 Å². The van der Waals surface area contributed by atoms with Gasteiger partial charge in [-0.2, -0.15) is 0 Å². The number of phenols is 2. The minimum Gasteiger partial charge on any atom is -0.508 e. The van der Waals surface area contributed by atoms with Gasteiger partial charge in [0.1, 0.15) is 83.2 Å². The second-order valence-corrected chi connectivity index (χ2v) is 12.9. The average Bonchev–Trinajstić information content (AvgIpc) is 3.11. The van der Waals surface area contributed by atoms with Crippen LogP contribution in [0.25, 0.3) is 22.3 Å². The molecule has 3 aliphatic rings. The quantitative estimate of drug-likeness (QED) is 0.110. The van der Waals surface area contributed by atoms with Crippen LogP contribution < -0.4 is 14.9 Å². The van der Waals surface area contributed by atoms with Crippen LogP contribution in [0.5, 0.6) is 23.0 Å². The number of phenolic OH excluding ortho intramolecular Hbond substituents is 2. The van der Waals surface area contributed by atoms with Crippen molar-refractivity contribution in [3.8, 4) is 34.3 Å². The largest absolute Gasteiger partial charge is 0.508 e. The number of ether oxygens (including phenoxy) is 6. The van der Waals surface area contributed by atoms with Crippen LogP contribution in [0.15, 0.2) is 45.6 Å². The molecule has 0 saturated carbocycles. The van der Waals surface area contributed by atoms with Crippen molar-refractivity contribution >= 4 is 11.0 Å². The third-order valence-electron chi connectivity index (χ3n) is 9.25. The molecule has 52 heavy (non-hydrogen) atoms. The number of aliphatic hydroxyl groups excluding tert-OH is 9. The van der Waals surface area contributed by atoms with E-state index >= 15 is 0 Å². The summed E-state index contributed by atoms with van der Waals surface area (Å²) in [6.45, 7) is 2.04. The Morgan fingerprint density at radius 1 is 0.673 bits per heavy atom. The Hall–Kier alpha value is -3.67. The molecule has 3 aliphatic heterocycles. The molecule has 11 N–H and O–H groups in total. The summed E-state index contributed by atoms with van der Waals surface area (Å²) in [7, 11) is 0. The monoisotopic (exact) mass is 740 g/mol. The van der Waals surface area contributed by atoms with Crippen LogP contribution in [0, 0.1) is 0 Å². The molecule has 1 aromatic heterocycles. The molecule has 4 heterocycles. The van der Waals surface area contributed by atoms with E-state index < -0.39 is 121 Å². The van der Waals surface area contributed by atoms with E-state index in [1.165, 1.54) is 38.1 Å². The summed E-state index contributed by atoms with van der Waals surface area (Å²) in [5.41, 5.74) is -1.09. The van der Waals surface area contributed by atoms with Gasteiger partial charge in [0, 0.05) is 17.7 Å². The normalized spacial score (nSPS) is 38.2. The van der Waals surface area contributed by atoms with E-state index in [2.05, 4.69) is 0 Å².